The summed E-state index contributed by atoms with van der Waals surface area (Å²) in [5.74, 6) is 0.103. The molecule has 0 fully saturated rings. The van der Waals surface area contributed by atoms with Gasteiger partial charge in [-0.15, -0.1) is 0 Å². The first-order valence-corrected chi connectivity index (χ1v) is 6.59. The largest absolute Gasteiger partial charge is 0.326 e. The molecule has 2 N–H and O–H groups in total. The lowest BCUT2D eigenvalue weighted by atomic mass is 10.1. The Hall–Kier alpha value is -2.17. The molecule has 108 valence electrons. The molecule has 0 spiro atoms. The maximum absolute atomic E-state index is 11.9. The molecule has 0 unspecified atom stereocenters. The molecule has 0 radical (unpaired) electrons. The van der Waals surface area contributed by atoms with Crippen molar-refractivity contribution in [1.29, 1.82) is 0 Å². The molecule has 1 aromatic rings. The number of hydrogen-bond donors (Lipinski definition) is 2. The number of carbonyl (C=O) groups is 2. The Morgan fingerprint density at radius 2 is 1.75 bits per heavy atom. The fraction of sp³-hybridized carbons (Fsp3) is 0.400. The lowest BCUT2D eigenvalue weighted by Gasteiger charge is -2.06. The van der Waals surface area contributed by atoms with Gasteiger partial charge in [0.25, 0.3) is 5.91 Å². The van der Waals surface area contributed by atoms with Crippen LogP contribution in [0.15, 0.2) is 29.4 Å². The molecular weight excluding hydrogens is 254 g/mol. The number of rotatable bonds is 5. The molecule has 0 atom stereocenters. The van der Waals surface area contributed by atoms with E-state index in [0.717, 1.165) is 12.1 Å². The van der Waals surface area contributed by atoms with Crippen LogP contribution in [0.5, 0.6) is 0 Å². The van der Waals surface area contributed by atoms with Gasteiger partial charge in [-0.3, -0.25) is 9.59 Å². The summed E-state index contributed by atoms with van der Waals surface area (Å²) < 4.78 is 0. The Kier molecular flexibility index (Phi) is 5.90. The van der Waals surface area contributed by atoms with Crippen LogP contribution < -0.4 is 10.7 Å². The normalized spacial score (nSPS) is 11.3. The first-order chi connectivity index (χ1) is 9.38. The average Bonchev–Trinajstić information content (AvgIpc) is 2.35. The lowest BCUT2D eigenvalue weighted by molar-refractivity contribution is -0.114. The van der Waals surface area contributed by atoms with Crippen molar-refractivity contribution in [2.45, 2.75) is 34.1 Å². The Balaban J connectivity index is 2.62. The van der Waals surface area contributed by atoms with Gasteiger partial charge in [0.2, 0.25) is 5.91 Å². The van der Waals surface area contributed by atoms with Crippen LogP contribution in [-0.4, -0.2) is 17.5 Å². The van der Waals surface area contributed by atoms with E-state index in [2.05, 4.69) is 29.7 Å². The monoisotopic (exact) mass is 275 g/mol. The number of benzene rings is 1. The van der Waals surface area contributed by atoms with Crippen molar-refractivity contribution in [2.24, 2.45) is 11.0 Å². The first-order valence-electron chi connectivity index (χ1n) is 6.59. The lowest BCUT2D eigenvalue weighted by Crippen LogP contribution is -2.19. The fourth-order valence-electron chi connectivity index (χ4n) is 1.76. The molecule has 1 aromatic carbocycles. The van der Waals surface area contributed by atoms with Crippen LogP contribution in [0.25, 0.3) is 0 Å². The maximum atomic E-state index is 11.9. The summed E-state index contributed by atoms with van der Waals surface area (Å²) in [5.41, 5.74) is 4.58. The molecule has 0 aliphatic carbocycles. The van der Waals surface area contributed by atoms with E-state index >= 15 is 0 Å². The van der Waals surface area contributed by atoms with E-state index in [4.69, 9.17) is 0 Å². The average molecular weight is 275 g/mol. The Labute approximate surface area is 119 Å². The van der Waals surface area contributed by atoms with Gasteiger partial charge in [-0.25, -0.2) is 5.43 Å². The minimum Gasteiger partial charge on any atom is -0.326 e. The predicted molar refractivity (Wildman–Crippen MR) is 80.8 cm³/mol. The molecule has 5 nitrogen and oxygen atoms in total. The molecule has 0 heterocycles. The zero-order chi connectivity index (χ0) is 15.1. The number of amides is 2. The SMILES string of the molecule is CC(=O)Nc1ccc(C(=O)N/N=C(/C)CC(C)C)cc1. The second kappa shape index (κ2) is 7.43. The maximum Gasteiger partial charge on any atom is 0.271 e. The Bertz CT molecular complexity index is 504. The smallest absolute Gasteiger partial charge is 0.271 e. The highest BCUT2D eigenvalue weighted by molar-refractivity contribution is 5.96. The van der Waals surface area contributed by atoms with Crippen LogP contribution in [0.4, 0.5) is 5.69 Å². The van der Waals surface area contributed by atoms with Crippen LogP contribution in [0.1, 0.15) is 44.5 Å². The van der Waals surface area contributed by atoms with Crippen LogP contribution >= 0.6 is 0 Å². The van der Waals surface area contributed by atoms with Gasteiger partial charge in [0, 0.05) is 23.9 Å². The van der Waals surface area contributed by atoms with Crippen LogP contribution in [0.3, 0.4) is 0 Å². The zero-order valence-electron chi connectivity index (χ0n) is 12.4. The van der Waals surface area contributed by atoms with Crippen molar-refractivity contribution in [1.82, 2.24) is 5.43 Å². The van der Waals surface area contributed by atoms with Crippen molar-refractivity contribution in [3.63, 3.8) is 0 Å². The number of carbonyl (C=O) groups excluding carboxylic acids is 2. The summed E-state index contributed by atoms with van der Waals surface area (Å²) in [5, 5.41) is 6.70. The third-order valence-electron chi connectivity index (χ3n) is 2.52. The van der Waals surface area contributed by atoms with Gasteiger partial charge in [0.1, 0.15) is 0 Å². The van der Waals surface area contributed by atoms with E-state index in [-0.39, 0.29) is 11.8 Å². The van der Waals surface area contributed by atoms with E-state index in [1.165, 1.54) is 6.92 Å². The molecule has 5 heteroatoms. The zero-order valence-corrected chi connectivity index (χ0v) is 12.4. The molecule has 0 aliphatic heterocycles. The number of nitrogens with zero attached hydrogens (tertiary/aromatic N) is 1. The van der Waals surface area contributed by atoms with E-state index in [1.807, 2.05) is 6.92 Å². The van der Waals surface area contributed by atoms with Gasteiger partial charge < -0.3 is 5.32 Å². The molecule has 20 heavy (non-hydrogen) atoms. The topological polar surface area (TPSA) is 70.6 Å². The highest BCUT2D eigenvalue weighted by Crippen LogP contribution is 2.09. The second-order valence-corrected chi connectivity index (χ2v) is 5.14. The van der Waals surface area contributed by atoms with Crippen molar-refractivity contribution in [3.05, 3.63) is 29.8 Å². The van der Waals surface area contributed by atoms with Crippen LogP contribution in [-0.2, 0) is 4.79 Å². The van der Waals surface area contributed by atoms with E-state index in [9.17, 15) is 9.59 Å². The number of anilines is 1. The summed E-state index contributed by atoms with van der Waals surface area (Å²) in [7, 11) is 0. The Morgan fingerprint density at radius 1 is 1.15 bits per heavy atom. The van der Waals surface area contributed by atoms with Crippen molar-refractivity contribution in [3.8, 4) is 0 Å². The summed E-state index contributed by atoms with van der Waals surface area (Å²) in [4.78, 5) is 22.8. The second-order valence-electron chi connectivity index (χ2n) is 5.14. The molecular formula is C15H21N3O2. The van der Waals surface area contributed by atoms with Crippen LogP contribution in [0.2, 0.25) is 0 Å². The standard InChI is InChI=1S/C15H21N3O2/c1-10(2)9-11(3)17-18-15(20)13-5-7-14(8-6-13)16-12(4)19/h5-8,10H,9H2,1-4H3,(H,16,19)(H,18,20)/b17-11-. The summed E-state index contributed by atoms with van der Waals surface area (Å²) in [6, 6.07) is 6.66. The number of nitrogens with one attached hydrogen (secondary N) is 2. The van der Waals surface area contributed by atoms with Crippen molar-refractivity contribution >= 4 is 23.2 Å². The van der Waals surface area contributed by atoms with E-state index < -0.39 is 0 Å². The third kappa shape index (κ3) is 5.65. The van der Waals surface area contributed by atoms with Crippen molar-refractivity contribution < 1.29 is 9.59 Å². The quantitative estimate of drug-likeness (QED) is 0.640. The molecule has 0 bridgehead atoms. The molecule has 1 rings (SSSR count). The van der Waals surface area contributed by atoms with Crippen LogP contribution in [0, 0.1) is 5.92 Å². The summed E-state index contributed by atoms with van der Waals surface area (Å²) >= 11 is 0. The van der Waals surface area contributed by atoms with Gasteiger partial charge in [0.15, 0.2) is 0 Å². The van der Waals surface area contributed by atoms with Gasteiger partial charge in [-0.2, -0.15) is 5.10 Å². The molecule has 0 saturated carbocycles. The number of hydrogen-bond acceptors (Lipinski definition) is 3. The fourth-order valence-corrected chi connectivity index (χ4v) is 1.76. The highest BCUT2D eigenvalue weighted by atomic mass is 16.2. The highest BCUT2D eigenvalue weighted by Gasteiger charge is 2.05. The van der Waals surface area contributed by atoms with Gasteiger partial charge >= 0.3 is 0 Å². The van der Waals surface area contributed by atoms with Gasteiger partial charge in [-0.1, -0.05) is 13.8 Å². The summed E-state index contributed by atoms with van der Waals surface area (Å²) in [6.07, 6.45) is 0.849. The van der Waals surface area contributed by atoms with Gasteiger partial charge in [-0.05, 0) is 43.5 Å². The molecule has 0 aliphatic rings. The first kappa shape index (κ1) is 15.9. The Morgan fingerprint density at radius 3 is 2.25 bits per heavy atom. The third-order valence-corrected chi connectivity index (χ3v) is 2.52. The van der Waals surface area contributed by atoms with Crippen molar-refractivity contribution in [2.75, 3.05) is 5.32 Å². The van der Waals surface area contributed by atoms with E-state index in [1.54, 1.807) is 24.3 Å². The van der Waals surface area contributed by atoms with E-state index in [0.29, 0.717) is 17.2 Å². The summed E-state index contributed by atoms with van der Waals surface area (Å²) in [6.45, 7) is 7.52. The predicted octanol–water partition coefficient (Wildman–Crippen LogP) is 2.80. The molecule has 0 saturated heterocycles. The molecule has 2 amide bonds. The minimum absolute atomic E-state index is 0.142. The minimum atomic E-state index is -0.262. The van der Waals surface area contributed by atoms with Gasteiger partial charge in [0.05, 0.1) is 0 Å². The number of hydrazone groups is 1. The molecule has 0 aromatic heterocycles.